The van der Waals surface area contributed by atoms with E-state index >= 15 is 0 Å². The Hall–Kier alpha value is -1.71. The molecule has 6 heteroatoms. The van der Waals surface area contributed by atoms with E-state index in [0.717, 1.165) is 0 Å². The van der Waals surface area contributed by atoms with Crippen molar-refractivity contribution in [3.8, 4) is 0 Å². The van der Waals surface area contributed by atoms with Crippen LogP contribution in [-0.2, 0) is 5.60 Å². The second-order valence-corrected chi connectivity index (χ2v) is 5.14. The van der Waals surface area contributed by atoms with E-state index in [9.17, 15) is 5.11 Å². The number of azide groups is 1. The Morgan fingerprint density at radius 3 is 1.70 bits per heavy atom. The molecule has 0 unspecified atom stereocenters. The minimum absolute atomic E-state index is 0.118. The first-order valence-electron chi connectivity index (χ1n) is 5.81. The van der Waals surface area contributed by atoms with Crippen LogP contribution >= 0.6 is 23.2 Å². The Labute approximate surface area is 126 Å². The van der Waals surface area contributed by atoms with Crippen molar-refractivity contribution >= 4 is 23.2 Å². The summed E-state index contributed by atoms with van der Waals surface area (Å²) in [5.74, 6) is 0. The number of rotatable bonds is 4. The van der Waals surface area contributed by atoms with Crippen LogP contribution in [0.15, 0.2) is 53.6 Å². The van der Waals surface area contributed by atoms with Crippen LogP contribution in [0.25, 0.3) is 10.4 Å². The van der Waals surface area contributed by atoms with E-state index in [2.05, 4.69) is 10.0 Å². The summed E-state index contributed by atoms with van der Waals surface area (Å²) in [5, 5.41) is 15.6. The molecule has 0 amide bonds. The lowest BCUT2D eigenvalue weighted by Crippen LogP contribution is -2.30. The Morgan fingerprint density at radius 1 is 0.950 bits per heavy atom. The zero-order valence-corrected chi connectivity index (χ0v) is 11.9. The summed E-state index contributed by atoms with van der Waals surface area (Å²) >= 11 is 11.7. The van der Waals surface area contributed by atoms with Gasteiger partial charge in [-0.25, -0.2) is 0 Å². The fraction of sp³-hybridized carbons (Fsp3) is 0.143. The second-order valence-electron chi connectivity index (χ2n) is 4.26. The van der Waals surface area contributed by atoms with Crippen molar-refractivity contribution < 1.29 is 5.11 Å². The number of aliphatic hydroxyl groups is 1. The van der Waals surface area contributed by atoms with Crippen LogP contribution in [0.2, 0.25) is 10.0 Å². The fourth-order valence-corrected chi connectivity index (χ4v) is 2.19. The van der Waals surface area contributed by atoms with Gasteiger partial charge < -0.3 is 5.11 Å². The third-order valence-corrected chi connectivity index (χ3v) is 3.51. The summed E-state index contributed by atoms with van der Waals surface area (Å²) in [7, 11) is 0. The maximum atomic E-state index is 10.9. The molecule has 2 aromatic rings. The van der Waals surface area contributed by atoms with Gasteiger partial charge in [0.25, 0.3) is 0 Å². The average Bonchev–Trinajstić information content (AvgIpc) is 2.46. The smallest absolute Gasteiger partial charge is 0.120 e. The number of hydrogen-bond donors (Lipinski definition) is 1. The van der Waals surface area contributed by atoms with Gasteiger partial charge in [-0.2, -0.15) is 0 Å². The van der Waals surface area contributed by atoms with Gasteiger partial charge in [0.2, 0.25) is 0 Å². The van der Waals surface area contributed by atoms with E-state index in [4.69, 9.17) is 28.7 Å². The normalized spacial score (nSPS) is 10.9. The van der Waals surface area contributed by atoms with Crippen molar-refractivity contribution in [2.45, 2.75) is 5.60 Å². The zero-order chi connectivity index (χ0) is 14.6. The number of hydrogen-bond acceptors (Lipinski definition) is 2. The van der Waals surface area contributed by atoms with Gasteiger partial charge in [-0.05, 0) is 40.9 Å². The molecule has 0 heterocycles. The van der Waals surface area contributed by atoms with Gasteiger partial charge in [-0.15, -0.1) is 0 Å². The van der Waals surface area contributed by atoms with E-state index in [0.29, 0.717) is 21.2 Å². The van der Waals surface area contributed by atoms with Gasteiger partial charge in [0.05, 0.1) is 6.54 Å². The molecule has 0 saturated heterocycles. The van der Waals surface area contributed by atoms with Crippen LogP contribution in [0.1, 0.15) is 11.1 Å². The first-order chi connectivity index (χ1) is 9.56. The molecule has 0 saturated carbocycles. The molecule has 0 aliphatic rings. The highest BCUT2D eigenvalue weighted by Crippen LogP contribution is 2.31. The monoisotopic (exact) mass is 307 g/mol. The molecule has 0 spiro atoms. The molecule has 0 radical (unpaired) electrons. The van der Waals surface area contributed by atoms with Crippen molar-refractivity contribution in [1.82, 2.24) is 0 Å². The third-order valence-electron chi connectivity index (χ3n) is 3.01. The zero-order valence-electron chi connectivity index (χ0n) is 10.4. The highest BCUT2D eigenvalue weighted by Gasteiger charge is 2.30. The topological polar surface area (TPSA) is 69.0 Å². The fourth-order valence-electron chi connectivity index (χ4n) is 1.93. The van der Waals surface area contributed by atoms with Gasteiger partial charge in [0.1, 0.15) is 5.60 Å². The lowest BCUT2D eigenvalue weighted by molar-refractivity contribution is 0.0903. The van der Waals surface area contributed by atoms with Crippen LogP contribution in [-0.4, -0.2) is 11.7 Å². The Balaban J connectivity index is 2.51. The Morgan fingerprint density at radius 2 is 1.35 bits per heavy atom. The molecule has 0 aliphatic carbocycles. The van der Waals surface area contributed by atoms with E-state index < -0.39 is 5.60 Å². The molecule has 1 N–H and O–H groups in total. The van der Waals surface area contributed by atoms with Crippen LogP contribution < -0.4 is 0 Å². The van der Waals surface area contributed by atoms with Gasteiger partial charge in [-0.1, -0.05) is 52.6 Å². The number of halogens is 2. The van der Waals surface area contributed by atoms with Crippen molar-refractivity contribution in [2.24, 2.45) is 5.11 Å². The van der Waals surface area contributed by atoms with Crippen LogP contribution in [0.4, 0.5) is 0 Å². The molecule has 2 aromatic carbocycles. The Bertz CT molecular complexity index is 589. The summed E-state index contributed by atoms with van der Waals surface area (Å²) < 4.78 is 0. The minimum Gasteiger partial charge on any atom is -0.380 e. The largest absolute Gasteiger partial charge is 0.380 e. The summed E-state index contributed by atoms with van der Waals surface area (Å²) in [6.45, 7) is -0.118. The van der Waals surface area contributed by atoms with Crippen molar-refractivity contribution in [2.75, 3.05) is 6.54 Å². The molecule has 20 heavy (non-hydrogen) atoms. The molecule has 0 aromatic heterocycles. The number of nitrogens with zero attached hydrogens (tertiary/aromatic N) is 3. The molecular formula is C14H11Cl2N3O. The molecule has 0 bridgehead atoms. The first kappa shape index (κ1) is 14.7. The van der Waals surface area contributed by atoms with E-state index in [1.807, 2.05) is 0 Å². The second kappa shape index (κ2) is 6.16. The van der Waals surface area contributed by atoms with Crippen LogP contribution in [0.3, 0.4) is 0 Å². The summed E-state index contributed by atoms with van der Waals surface area (Å²) in [6, 6.07) is 13.5. The standard InChI is InChI=1S/C14H11Cl2N3O/c15-12-5-1-10(2-6-12)14(20,9-18-19-17)11-3-7-13(16)8-4-11/h1-8,20H,9H2. The van der Waals surface area contributed by atoms with E-state index in [-0.39, 0.29) is 6.54 Å². The van der Waals surface area contributed by atoms with E-state index in [1.54, 1.807) is 48.5 Å². The van der Waals surface area contributed by atoms with Crippen molar-refractivity contribution in [1.29, 1.82) is 0 Å². The van der Waals surface area contributed by atoms with Crippen molar-refractivity contribution in [3.63, 3.8) is 0 Å². The van der Waals surface area contributed by atoms with Gasteiger partial charge in [-0.3, -0.25) is 0 Å². The predicted octanol–water partition coefficient (Wildman–Crippen LogP) is 4.54. The first-order valence-corrected chi connectivity index (χ1v) is 6.57. The lowest BCUT2D eigenvalue weighted by Gasteiger charge is -2.27. The quantitative estimate of drug-likeness (QED) is 0.503. The molecular weight excluding hydrogens is 297 g/mol. The maximum absolute atomic E-state index is 10.9. The van der Waals surface area contributed by atoms with Crippen LogP contribution in [0.5, 0.6) is 0 Å². The molecule has 0 atom stereocenters. The minimum atomic E-state index is -1.42. The van der Waals surface area contributed by atoms with Crippen molar-refractivity contribution in [3.05, 3.63) is 80.1 Å². The molecule has 4 nitrogen and oxygen atoms in total. The molecule has 102 valence electrons. The predicted molar refractivity (Wildman–Crippen MR) is 79.9 cm³/mol. The lowest BCUT2D eigenvalue weighted by atomic mass is 9.86. The van der Waals surface area contributed by atoms with Gasteiger partial charge >= 0.3 is 0 Å². The highest BCUT2D eigenvalue weighted by molar-refractivity contribution is 6.30. The highest BCUT2D eigenvalue weighted by atomic mass is 35.5. The summed E-state index contributed by atoms with van der Waals surface area (Å²) in [5.41, 5.74) is 8.29. The molecule has 0 fully saturated rings. The van der Waals surface area contributed by atoms with Gasteiger partial charge in [0.15, 0.2) is 0 Å². The number of benzene rings is 2. The molecule has 0 aliphatic heterocycles. The molecule has 2 rings (SSSR count). The Kier molecular flexibility index (Phi) is 4.53. The summed E-state index contributed by atoms with van der Waals surface area (Å²) in [4.78, 5) is 2.72. The summed E-state index contributed by atoms with van der Waals surface area (Å²) in [6.07, 6.45) is 0. The van der Waals surface area contributed by atoms with Gasteiger partial charge in [0, 0.05) is 15.0 Å². The maximum Gasteiger partial charge on any atom is 0.120 e. The SMILES string of the molecule is [N-]=[N+]=NCC(O)(c1ccc(Cl)cc1)c1ccc(Cl)cc1. The average molecular weight is 308 g/mol. The third kappa shape index (κ3) is 3.06. The van der Waals surface area contributed by atoms with Crippen LogP contribution in [0, 0.1) is 0 Å². The van der Waals surface area contributed by atoms with E-state index in [1.165, 1.54) is 0 Å².